The van der Waals surface area contributed by atoms with Crippen molar-refractivity contribution >= 4 is 11.8 Å². The number of rotatable bonds is 11. The Labute approximate surface area is 247 Å². The molecule has 3 aromatic carbocycles. The zero-order valence-corrected chi connectivity index (χ0v) is 24.5. The molecule has 0 bridgehead atoms. The lowest BCUT2D eigenvalue weighted by Crippen LogP contribution is -2.45. The fourth-order valence-corrected chi connectivity index (χ4v) is 5.84. The first kappa shape index (κ1) is 29.0. The van der Waals surface area contributed by atoms with Crippen molar-refractivity contribution in [2.75, 3.05) is 27.2 Å². The zero-order valence-electron chi connectivity index (χ0n) is 24.5. The number of ether oxygens (including phenoxy) is 1. The zero-order chi connectivity index (χ0) is 29.5. The van der Waals surface area contributed by atoms with Gasteiger partial charge in [-0.3, -0.25) is 14.8 Å². The minimum absolute atomic E-state index is 0.122. The van der Waals surface area contributed by atoms with Crippen LogP contribution >= 0.6 is 0 Å². The van der Waals surface area contributed by atoms with Crippen LogP contribution in [0.5, 0.6) is 0 Å². The third kappa shape index (κ3) is 5.78. The maximum atomic E-state index is 13.3. The van der Waals surface area contributed by atoms with Crippen molar-refractivity contribution in [3.05, 3.63) is 136 Å². The topological polar surface area (TPSA) is 76.5 Å². The van der Waals surface area contributed by atoms with E-state index in [4.69, 9.17) is 4.74 Å². The number of esters is 1. The van der Waals surface area contributed by atoms with E-state index in [9.17, 15) is 9.59 Å². The van der Waals surface area contributed by atoms with Crippen LogP contribution in [-0.4, -0.2) is 53.7 Å². The molecule has 0 radical (unpaired) electrons. The molecule has 0 spiro atoms. The summed E-state index contributed by atoms with van der Waals surface area (Å²) >= 11 is 0. The van der Waals surface area contributed by atoms with Crippen LogP contribution in [0, 0.1) is 0 Å². The molecule has 1 aliphatic carbocycles. The van der Waals surface area contributed by atoms with Crippen LogP contribution in [0.15, 0.2) is 103 Å². The van der Waals surface area contributed by atoms with E-state index >= 15 is 0 Å². The number of carbonyl (C=O) groups is 2. The number of allylic oxidation sites excluding steroid dienone is 1. The quantitative estimate of drug-likeness (QED) is 0.111. The van der Waals surface area contributed by atoms with Gasteiger partial charge in [-0.1, -0.05) is 91.0 Å². The molecule has 1 aromatic heterocycles. The molecule has 0 fully saturated rings. The Morgan fingerprint density at radius 1 is 0.929 bits per heavy atom. The van der Waals surface area contributed by atoms with Gasteiger partial charge in [0.1, 0.15) is 11.4 Å². The van der Waals surface area contributed by atoms with Gasteiger partial charge in [-0.25, -0.2) is 4.79 Å². The normalized spacial score (nSPS) is 14.1. The van der Waals surface area contributed by atoms with Gasteiger partial charge in [0.05, 0.1) is 12.1 Å². The summed E-state index contributed by atoms with van der Waals surface area (Å²) in [5.74, 6) is -0.553. The van der Waals surface area contributed by atoms with Gasteiger partial charge < -0.3 is 9.64 Å². The van der Waals surface area contributed by atoms with Gasteiger partial charge in [-0.05, 0) is 49.4 Å². The first-order chi connectivity index (χ1) is 20.5. The maximum absolute atomic E-state index is 13.3. The molecule has 0 amide bonds. The molecule has 1 heterocycles. The Balaban J connectivity index is 1.46. The Bertz CT molecular complexity index is 1450. The van der Waals surface area contributed by atoms with Gasteiger partial charge in [-0.15, -0.1) is 0 Å². The van der Waals surface area contributed by atoms with Crippen molar-refractivity contribution < 1.29 is 14.3 Å². The number of Topliss-reactive ketones (excluding diaryl/α,β-unsaturated/α-hetero) is 1. The molecule has 1 N–H and O–H groups in total. The summed E-state index contributed by atoms with van der Waals surface area (Å²) in [5.41, 5.74) is 4.96. The van der Waals surface area contributed by atoms with Crippen LogP contribution in [0.25, 0.3) is 0 Å². The largest absolute Gasteiger partial charge is 0.461 e. The fourth-order valence-electron chi connectivity index (χ4n) is 5.84. The molecule has 7 nitrogen and oxygen atoms in total. The summed E-state index contributed by atoms with van der Waals surface area (Å²) < 4.78 is 7.08. The van der Waals surface area contributed by atoms with Crippen molar-refractivity contribution in [1.82, 2.24) is 20.0 Å². The van der Waals surface area contributed by atoms with Crippen LogP contribution in [0.2, 0.25) is 0 Å². The number of hydrogen-bond donors (Lipinski definition) is 1. The van der Waals surface area contributed by atoms with Gasteiger partial charge in [0.2, 0.25) is 5.78 Å². The van der Waals surface area contributed by atoms with Crippen molar-refractivity contribution in [3.8, 4) is 0 Å². The molecule has 216 valence electrons. The van der Waals surface area contributed by atoms with E-state index in [1.807, 2.05) is 43.4 Å². The highest BCUT2D eigenvalue weighted by Gasteiger charge is 2.36. The molecule has 5 rings (SSSR count). The minimum atomic E-state index is -0.584. The van der Waals surface area contributed by atoms with Gasteiger partial charge in [-0.2, -0.15) is 5.10 Å². The average Bonchev–Trinajstić information content (AvgIpc) is 3.39. The van der Waals surface area contributed by atoms with E-state index < -0.39 is 11.5 Å². The number of benzene rings is 3. The van der Waals surface area contributed by atoms with Gasteiger partial charge in [0.25, 0.3) is 0 Å². The molecule has 0 atom stereocenters. The SMILES string of the molecule is CCOC(=O)c1c2c(nn1CCCNC(c1ccccc1)(c1ccccc1)c1ccccc1)C(=O)C(=CN(C)C)CC2. The second-order valence-electron chi connectivity index (χ2n) is 10.7. The molecule has 1 aliphatic rings. The molecule has 7 heteroatoms. The first-order valence-electron chi connectivity index (χ1n) is 14.6. The molecule has 0 saturated heterocycles. The summed E-state index contributed by atoms with van der Waals surface area (Å²) in [4.78, 5) is 28.2. The van der Waals surface area contributed by atoms with Crippen molar-refractivity contribution in [2.24, 2.45) is 0 Å². The lowest BCUT2D eigenvalue weighted by molar-refractivity contribution is 0.0510. The number of hydrogen-bond acceptors (Lipinski definition) is 6. The van der Waals surface area contributed by atoms with Gasteiger partial charge >= 0.3 is 5.97 Å². The van der Waals surface area contributed by atoms with Crippen molar-refractivity contribution in [2.45, 2.75) is 38.3 Å². The Hall–Kier alpha value is -4.49. The summed E-state index contributed by atoms with van der Waals surface area (Å²) in [6, 6.07) is 31.4. The second kappa shape index (κ2) is 13.0. The first-order valence-corrected chi connectivity index (χ1v) is 14.6. The number of ketones is 1. The highest BCUT2D eigenvalue weighted by Crippen LogP contribution is 2.37. The van der Waals surface area contributed by atoms with E-state index in [1.165, 1.54) is 0 Å². The Morgan fingerprint density at radius 3 is 1.98 bits per heavy atom. The van der Waals surface area contributed by atoms with Crippen LogP contribution in [0.3, 0.4) is 0 Å². The molecule has 4 aromatic rings. The van der Waals surface area contributed by atoms with Gasteiger partial charge in [0.15, 0.2) is 0 Å². The second-order valence-corrected chi connectivity index (χ2v) is 10.7. The van der Waals surface area contributed by atoms with E-state index in [-0.39, 0.29) is 12.4 Å². The number of carbonyl (C=O) groups excluding carboxylic acids is 2. The van der Waals surface area contributed by atoms with Crippen LogP contribution in [0.1, 0.15) is 63.0 Å². The highest BCUT2D eigenvalue weighted by atomic mass is 16.5. The average molecular weight is 563 g/mol. The van der Waals surface area contributed by atoms with Gasteiger partial charge in [0, 0.05) is 38.0 Å². The van der Waals surface area contributed by atoms with Crippen LogP contribution < -0.4 is 5.32 Å². The molecule has 0 saturated carbocycles. The smallest absolute Gasteiger partial charge is 0.356 e. The predicted molar refractivity (Wildman–Crippen MR) is 164 cm³/mol. The highest BCUT2D eigenvalue weighted by molar-refractivity contribution is 6.10. The summed E-state index contributed by atoms with van der Waals surface area (Å²) in [7, 11) is 3.79. The maximum Gasteiger partial charge on any atom is 0.356 e. The number of nitrogens with zero attached hydrogens (tertiary/aromatic N) is 3. The van der Waals surface area contributed by atoms with Crippen molar-refractivity contribution in [1.29, 1.82) is 0 Å². The summed E-state index contributed by atoms with van der Waals surface area (Å²) in [6.45, 7) is 3.13. The number of aromatic nitrogens is 2. The minimum Gasteiger partial charge on any atom is -0.461 e. The number of nitrogens with one attached hydrogen (secondary N) is 1. The molecule has 0 aliphatic heterocycles. The van der Waals surface area contributed by atoms with E-state index in [0.29, 0.717) is 54.9 Å². The fraction of sp³-hybridized carbons (Fsp3) is 0.286. The molecular weight excluding hydrogens is 524 g/mol. The lowest BCUT2D eigenvalue weighted by Gasteiger charge is -2.37. The lowest BCUT2D eigenvalue weighted by atomic mass is 9.77. The van der Waals surface area contributed by atoms with E-state index in [2.05, 4.69) is 83.2 Å². The van der Waals surface area contributed by atoms with Crippen LogP contribution in [-0.2, 0) is 23.2 Å². The Morgan fingerprint density at radius 2 is 1.48 bits per heavy atom. The van der Waals surface area contributed by atoms with Crippen LogP contribution in [0.4, 0.5) is 0 Å². The Kier molecular flexibility index (Phi) is 8.98. The third-order valence-electron chi connectivity index (χ3n) is 7.64. The molecule has 0 unspecified atom stereocenters. The van der Waals surface area contributed by atoms with E-state index in [1.54, 1.807) is 11.6 Å². The number of fused-ring (bicyclic) bond motifs is 1. The molecule has 42 heavy (non-hydrogen) atoms. The monoisotopic (exact) mass is 562 g/mol. The standard InChI is InChI=1S/C35H38N4O3/c1-4-42-34(41)32-30-22-21-26(25-38(2)3)33(40)31(30)37-39(32)24-14-23-36-35(27-15-8-5-9-16-27,28-17-10-6-11-18-28)29-19-12-7-13-20-29/h5-13,15-20,25,36H,4,14,21-24H2,1-3H3. The summed E-state index contributed by atoms with van der Waals surface area (Å²) in [5, 5.41) is 8.57. The van der Waals surface area contributed by atoms with Crippen molar-refractivity contribution in [3.63, 3.8) is 0 Å². The van der Waals surface area contributed by atoms with E-state index in [0.717, 1.165) is 16.7 Å². The number of aryl methyl sites for hydroxylation is 1. The molecular formula is C35H38N4O3. The summed E-state index contributed by atoms with van der Waals surface area (Å²) in [6.07, 6.45) is 3.66. The predicted octanol–water partition coefficient (Wildman–Crippen LogP) is 5.61. The third-order valence-corrected chi connectivity index (χ3v) is 7.64.